The summed E-state index contributed by atoms with van der Waals surface area (Å²) in [6, 6.07) is 11.3. The number of amides is 1. The summed E-state index contributed by atoms with van der Waals surface area (Å²) >= 11 is 13.8. The van der Waals surface area contributed by atoms with Gasteiger partial charge in [0.1, 0.15) is 12.9 Å². The van der Waals surface area contributed by atoms with Crippen LogP contribution < -0.4 is 5.32 Å². The zero-order valence-electron chi connectivity index (χ0n) is 17.4. The molecule has 0 unspecified atom stereocenters. The normalized spacial score (nSPS) is 11.2. The molecule has 166 valence electrons. The average molecular weight is 498 g/mol. The summed E-state index contributed by atoms with van der Waals surface area (Å²) in [5.74, 6) is -0.101. The van der Waals surface area contributed by atoms with Gasteiger partial charge in [-0.2, -0.15) is 5.10 Å². The molecule has 0 aliphatic rings. The first-order valence-corrected chi connectivity index (χ1v) is 11.6. The van der Waals surface area contributed by atoms with Gasteiger partial charge in [0.05, 0.1) is 17.6 Å². The smallest absolute Gasteiger partial charge is 0.248 e. The monoisotopic (exact) mass is 497 g/mol. The molecule has 5 aromatic rings. The molecule has 0 aliphatic heterocycles. The van der Waals surface area contributed by atoms with Crippen molar-refractivity contribution in [2.75, 3.05) is 5.32 Å². The van der Waals surface area contributed by atoms with Gasteiger partial charge in [-0.05, 0) is 42.1 Å². The summed E-state index contributed by atoms with van der Waals surface area (Å²) in [5.41, 5.74) is 3.37. The van der Waals surface area contributed by atoms with E-state index in [2.05, 4.69) is 31.5 Å². The average Bonchev–Trinajstić information content (AvgIpc) is 3.52. The van der Waals surface area contributed by atoms with Crippen LogP contribution in [0.3, 0.4) is 0 Å². The molecule has 33 heavy (non-hydrogen) atoms. The van der Waals surface area contributed by atoms with E-state index in [1.165, 1.54) is 6.33 Å². The fourth-order valence-corrected chi connectivity index (χ4v) is 4.81. The number of hydrogen-bond donors (Lipinski definition) is 1. The first-order chi connectivity index (χ1) is 16.0. The van der Waals surface area contributed by atoms with Crippen molar-refractivity contribution >= 4 is 57.4 Å². The SMILES string of the molecule is Cc1nn(CC(=O)Nc2ncn(Cc3ccc(Cl)cc3Cl)n2)c2nccc(-c3cccs3)c12. The third-order valence-corrected chi connectivity index (χ3v) is 6.51. The highest BCUT2D eigenvalue weighted by atomic mass is 35.5. The maximum atomic E-state index is 12.7. The molecule has 0 saturated carbocycles. The highest BCUT2D eigenvalue weighted by Gasteiger charge is 2.17. The fraction of sp³-hybridized carbons (Fsp3) is 0.136. The number of aryl methyl sites for hydroxylation is 1. The minimum absolute atomic E-state index is 0.0111. The van der Waals surface area contributed by atoms with Crippen molar-refractivity contribution in [1.29, 1.82) is 0 Å². The Kier molecular flexibility index (Phi) is 5.84. The Morgan fingerprint density at radius 3 is 2.82 bits per heavy atom. The molecule has 0 bridgehead atoms. The summed E-state index contributed by atoms with van der Waals surface area (Å²) in [6.07, 6.45) is 3.26. The molecule has 4 heterocycles. The molecule has 1 amide bonds. The van der Waals surface area contributed by atoms with E-state index in [1.54, 1.807) is 39.0 Å². The van der Waals surface area contributed by atoms with E-state index in [0.717, 1.165) is 27.1 Å². The Balaban J connectivity index is 1.31. The van der Waals surface area contributed by atoms with Gasteiger partial charge < -0.3 is 0 Å². The van der Waals surface area contributed by atoms with Crippen molar-refractivity contribution < 1.29 is 4.79 Å². The maximum Gasteiger partial charge on any atom is 0.248 e. The highest BCUT2D eigenvalue weighted by molar-refractivity contribution is 7.13. The maximum absolute atomic E-state index is 12.7. The van der Waals surface area contributed by atoms with Crippen LogP contribution in [0.25, 0.3) is 21.5 Å². The number of carbonyl (C=O) groups is 1. The van der Waals surface area contributed by atoms with Gasteiger partial charge in [0, 0.05) is 26.7 Å². The number of halogens is 2. The number of thiophene rings is 1. The molecule has 0 aliphatic carbocycles. The number of nitrogens with zero attached hydrogens (tertiary/aromatic N) is 6. The van der Waals surface area contributed by atoms with Crippen LogP contribution in [0.2, 0.25) is 10.0 Å². The molecular formula is C22H17Cl2N7OS. The first-order valence-electron chi connectivity index (χ1n) is 9.97. The summed E-state index contributed by atoms with van der Waals surface area (Å²) in [4.78, 5) is 22.4. The van der Waals surface area contributed by atoms with Gasteiger partial charge in [0.2, 0.25) is 11.9 Å². The predicted octanol–water partition coefficient (Wildman–Crippen LogP) is 5.05. The lowest BCUT2D eigenvalue weighted by Gasteiger charge is -2.05. The second-order valence-electron chi connectivity index (χ2n) is 7.33. The largest absolute Gasteiger partial charge is 0.292 e. The number of hydrogen-bond acceptors (Lipinski definition) is 6. The van der Waals surface area contributed by atoms with Gasteiger partial charge in [-0.3, -0.25) is 10.1 Å². The molecule has 1 aromatic carbocycles. The van der Waals surface area contributed by atoms with Crippen LogP contribution in [0.4, 0.5) is 5.95 Å². The Hall–Kier alpha value is -3.27. The third kappa shape index (κ3) is 4.47. The van der Waals surface area contributed by atoms with Crippen LogP contribution in [0.1, 0.15) is 11.3 Å². The second-order valence-corrected chi connectivity index (χ2v) is 9.12. The minimum Gasteiger partial charge on any atom is -0.292 e. The highest BCUT2D eigenvalue weighted by Crippen LogP contribution is 2.32. The summed E-state index contributed by atoms with van der Waals surface area (Å²) in [5, 5.41) is 15.6. The second kappa shape index (κ2) is 8.93. The van der Waals surface area contributed by atoms with Crippen molar-refractivity contribution in [3.05, 3.63) is 75.6 Å². The summed E-state index contributed by atoms with van der Waals surface area (Å²) < 4.78 is 3.19. The van der Waals surface area contributed by atoms with Crippen molar-refractivity contribution in [2.45, 2.75) is 20.0 Å². The van der Waals surface area contributed by atoms with Crippen molar-refractivity contribution in [3.8, 4) is 10.4 Å². The van der Waals surface area contributed by atoms with Crippen LogP contribution in [-0.4, -0.2) is 35.4 Å². The van der Waals surface area contributed by atoms with Gasteiger partial charge in [0.25, 0.3) is 0 Å². The lowest BCUT2D eigenvalue weighted by molar-refractivity contribution is -0.116. The zero-order chi connectivity index (χ0) is 22.9. The Labute approximate surface area is 202 Å². The van der Waals surface area contributed by atoms with Gasteiger partial charge in [-0.1, -0.05) is 35.3 Å². The van der Waals surface area contributed by atoms with E-state index in [9.17, 15) is 4.79 Å². The number of benzene rings is 1. The molecule has 0 saturated heterocycles. The molecule has 0 spiro atoms. The van der Waals surface area contributed by atoms with E-state index in [0.29, 0.717) is 22.2 Å². The number of aromatic nitrogens is 6. The number of rotatable bonds is 6. The topological polar surface area (TPSA) is 90.5 Å². The molecule has 4 aromatic heterocycles. The molecule has 11 heteroatoms. The number of pyridine rings is 1. The molecule has 8 nitrogen and oxygen atoms in total. The molecular weight excluding hydrogens is 481 g/mol. The molecule has 0 atom stereocenters. The Bertz CT molecular complexity index is 1460. The van der Waals surface area contributed by atoms with Crippen LogP contribution in [0.5, 0.6) is 0 Å². The van der Waals surface area contributed by atoms with E-state index in [-0.39, 0.29) is 18.4 Å². The Morgan fingerprint density at radius 1 is 1.15 bits per heavy atom. The van der Waals surface area contributed by atoms with Crippen LogP contribution in [0, 0.1) is 6.92 Å². The van der Waals surface area contributed by atoms with E-state index >= 15 is 0 Å². The lowest BCUT2D eigenvalue weighted by Crippen LogP contribution is -2.20. The van der Waals surface area contributed by atoms with Gasteiger partial charge >= 0.3 is 0 Å². The zero-order valence-corrected chi connectivity index (χ0v) is 19.7. The lowest BCUT2D eigenvalue weighted by atomic mass is 10.1. The standard InChI is InChI=1S/C22H17Cl2N7OS/c1-13-20-16(18-3-2-8-33-18)6-7-25-21(20)31(28-13)11-19(32)27-22-26-12-30(29-22)10-14-4-5-15(23)9-17(14)24/h2-9,12H,10-11H2,1H3,(H,27,29,32). The predicted molar refractivity (Wildman–Crippen MR) is 130 cm³/mol. The number of nitrogens with one attached hydrogen (secondary N) is 1. The van der Waals surface area contributed by atoms with E-state index in [4.69, 9.17) is 23.2 Å². The minimum atomic E-state index is -0.301. The number of fused-ring (bicyclic) bond motifs is 1. The summed E-state index contributed by atoms with van der Waals surface area (Å²) in [7, 11) is 0. The third-order valence-electron chi connectivity index (χ3n) is 5.02. The first kappa shape index (κ1) is 21.6. The van der Waals surface area contributed by atoms with Crippen LogP contribution in [-0.2, 0) is 17.9 Å². The quantitative estimate of drug-likeness (QED) is 0.354. The molecule has 0 fully saturated rings. The van der Waals surface area contributed by atoms with Gasteiger partial charge in [-0.15, -0.1) is 16.4 Å². The van der Waals surface area contributed by atoms with Crippen molar-refractivity contribution in [2.24, 2.45) is 0 Å². The van der Waals surface area contributed by atoms with Crippen molar-refractivity contribution in [3.63, 3.8) is 0 Å². The molecule has 0 radical (unpaired) electrons. The van der Waals surface area contributed by atoms with Gasteiger partial charge in [0.15, 0.2) is 5.65 Å². The number of carbonyl (C=O) groups excluding carboxylic acids is 1. The van der Waals surface area contributed by atoms with Crippen LogP contribution in [0.15, 0.2) is 54.3 Å². The molecule has 5 rings (SSSR count). The van der Waals surface area contributed by atoms with Crippen LogP contribution >= 0.6 is 34.5 Å². The van der Waals surface area contributed by atoms with Crippen molar-refractivity contribution in [1.82, 2.24) is 29.5 Å². The van der Waals surface area contributed by atoms with E-state index in [1.807, 2.05) is 30.5 Å². The molecule has 1 N–H and O–H groups in total. The van der Waals surface area contributed by atoms with Gasteiger partial charge in [-0.25, -0.2) is 19.3 Å². The fourth-order valence-electron chi connectivity index (χ4n) is 3.58. The number of anilines is 1. The summed E-state index contributed by atoms with van der Waals surface area (Å²) in [6.45, 7) is 2.31. The van der Waals surface area contributed by atoms with E-state index < -0.39 is 0 Å². The Morgan fingerprint density at radius 2 is 2.03 bits per heavy atom.